The molecule has 0 aliphatic carbocycles. The third-order valence-corrected chi connectivity index (χ3v) is 3.67. The van der Waals surface area contributed by atoms with Crippen LogP contribution in [0.2, 0.25) is 0 Å². The zero-order chi connectivity index (χ0) is 14.7. The highest BCUT2D eigenvalue weighted by Crippen LogP contribution is 2.20. The minimum Gasteiger partial charge on any atom is -0.377 e. The van der Waals surface area contributed by atoms with Crippen molar-refractivity contribution in [3.05, 3.63) is 34.3 Å². The van der Waals surface area contributed by atoms with Gasteiger partial charge in [-0.2, -0.15) is 0 Å². The van der Waals surface area contributed by atoms with Gasteiger partial charge in [0, 0.05) is 18.1 Å². The van der Waals surface area contributed by atoms with E-state index in [-0.39, 0.29) is 18.3 Å². The Labute approximate surface area is 135 Å². The van der Waals surface area contributed by atoms with Crippen molar-refractivity contribution < 1.29 is 9.53 Å². The highest BCUT2D eigenvalue weighted by molar-refractivity contribution is 9.10. The SMILES string of the molecule is COC(C)(C)CNC(=O)C(C)(N)c1ccc(Br)cc1.Cl. The number of ether oxygens (including phenoxy) is 1. The van der Waals surface area contributed by atoms with Gasteiger partial charge in [-0.15, -0.1) is 12.4 Å². The largest absolute Gasteiger partial charge is 0.377 e. The average molecular weight is 366 g/mol. The van der Waals surface area contributed by atoms with Gasteiger partial charge >= 0.3 is 0 Å². The molecule has 6 heteroatoms. The van der Waals surface area contributed by atoms with Crippen molar-refractivity contribution in [2.45, 2.75) is 31.9 Å². The lowest BCUT2D eigenvalue weighted by atomic mass is 9.92. The summed E-state index contributed by atoms with van der Waals surface area (Å²) in [5.74, 6) is -0.222. The third kappa shape index (κ3) is 5.05. The second-order valence-corrected chi connectivity index (χ2v) is 6.27. The van der Waals surface area contributed by atoms with Gasteiger partial charge in [0.2, 0.25) is 5.91 Å². The summed E-state index contributed by atoms with van der Waals surface area (Å²) in [4.78, 5) is 12.2. The molecule has 1 aromatic rings. The van der Waals surface area contributed by atoms with Crippen molar-refractivity contribution in [1.82, 2.24) is 5.32 Å². The second-order valence-electron chi connectivity index (χ2n) is 5.36. The molecule has 0 aliphatic heterocycles. The van der Waals surface area contributed by atoms with E-state index in [1.54, 1.807) is 14.0 Å². The van der Waals surface area contributed by atoms with Gasteiger partial charge in [0.15, 0.2) is 0 Å². The number of hydrogen-bond acceptors (Lipinski definition) is 3. The van der Waals surface area contributed by atoms with Crippen molar-refractivity contribution in [3.8, 4) is 0 Å². The van der Waals surface area contributed by atoms with Crippen molar-refractivity contribution in [3.63, 3.8) is 0 Å². The Bertz CT molecular complexity index is 447. The van der Waals surface area contributed by atoms with Crippen LogP contribution in [0.4, 0.5) is 0 Å². The van der Waals surface area contributed by atoms with E-state index in [1.807, 2.05) is 38.1 Å². The number of halogens is 2. The van der Waals surface area contributed by atoms with Gasteiger partial charge in [0.25, 0.3) is 0 Å². The summed E-state index contributed by atoms with van der Waals surface area (Å²) in [6.45, 7) is 5.92. The van der Waals surface area contributed by atoms with E-state index in [4.69, 9.17) is 10.5 Å². The minimum absolute atomic E-state index is 0. The van der Waals surface area contributed by atoms with E-state index < -0.39 is 11.1 Å². The van der Waals surface area contributed by atoms with Crippen molar-refractivity contribution in [2.24, 2.45) is 5.73 Å². The van der Waals surface area contributed by atoms with Gasteiger partial charge in [-0.3, -0.25) is 4.79 Å². The Morgan fingerprint density at radius 1 is 1.30 bits per heavy atom. The molecule has 1 amide bonds. The molecule has 0 bridgehead atoms. The van der Waals surface area contributed by atoms with E-state index in [0.717, 1.165) is 10.0 Å². The first-order chi connectivity index (χ1) is 8.69. The molecule has 0 saturated heterocycles. The van der Waals surface area contributed by atoms with Crippen LogP contribution in [0.5, 0.6) is 0 Å². The molecule has 1 atom stereocenters. The van der Waals surface area contributed by atoms with Gasteiger partial charge in [-0.25, -0.2) is 0 Å². The van der Waals surface area contributed by atoms with Gasteiger partial charge in [-0.1, -0.05) is 28.1 Å². The first-order valence-electron chi connectivity index (χ1n) is 6.07. The lowest BCUT2D eigenvalue weighted by Gasteiger charge is -2.28. The molecule has 20 heavy (non-hydrogen) atoms. The maximum Gasteiger partial charge on any atom is 0.244 e. The maximum absolute atomic E-state index is 12.2. The Kier molecular flexibility index (Phi) is 7.18. The number of methoxy groups -OCH3 is 1. The highest BCUT2D eigenvalue weighted by atomic mass is 79.9. The van der Waals surface area contributed by atoms with Crippen LogP contribution in [0.15, 0.2) is 28.7 Å². The van der Waals surface area contributed by atoms with Crippen molar-refractivity contribution in [2.75, 3.05) is 13.7 Å². The molecule has 1 unspecified atom stereocenters. The Morgan fingerprint density at radius 2 is 1.80 bits per heavy atom. The number of carbonyl (C=O) groups excluding carboxylic acids is 1. The summed E-state index contributed by atoms with van der Waals surface area (Å²) in [5.41, 5.74) is 5.43. The molecule has 4 nitrogen and oxygen atoms in total. The number of carbonyl (C=O) groups is 1. The number of nitrogens with one attached hydrogen (secondary N) is 1. The molecule has 0 radical (unpaired) electrons. The standard InChI is InChI=1S/C14H21BrN2O2.ClH/c1-13(2,19-4)9-17-12(18)14(3,16)10-5-7-11(15)8-6-10;/h5-8H,9,16H2,1-4H3,(H,17,18);1H. The van der Waals surface area contributed by atoms with E-state index >= 15 is 0 Å². The first-order valence-corrected chi connectivity index (χ1v) is 6.87. The predicted octanol–water partition coefficient (Wildman–Crippen LogP) is 2.59. The van der Waals surface area contributed by atoms with Gasteiger partial charge in [0.1, 0.15) is 5.54 Å². The molecular weight excluding hydrogens is 344 g/mol. The Hall–Kier alpha value is -0.620. The summed E-state index contributed by atoms with van der Waals surface area (Å²) in [5, 5.41) is 2.83. The molecule has 0 aliphatic rings. The molecule has 0 spiro atoms. The van der Waals surface area contributed by atoms with Crippen LogP contribution in [0.25, 0.3) is 0 Å². The fourth-order valence-corrected chi connectivity index (χ4v) is 1.74. The molecule has 3 N–H and O–H groups in total. The number of amides is 1. The summed E-state index contributed by atoms with van der Waals surface area (Å²) < 4.78 is 6.21. The monoisotopic (exact) mass is 364 g/mol. The molecule has 0 heterocycles. The molecule has 0 saturated carbocycles. The normalized spacial score (nSPS) is 14.1. The topological polar surface area (TPSA) is 64.3 Å². The number of benzene rings is 1. The fourth-order valence-electron chi connectivity index (χ4n) is 1.48. The van der Waals surface area contributed by atoms with Gasteiger partial charge < -0.3 is 15.8 Å². The molecular formula is C14H22BrClN2O2. The highest BCUT2D eigenvalue weighted by Gasteiger charge is 2.31. The molecule has 1 rings (SSSR count). The van der Waals surface area contributed by atoms with E-state index in [0.29, 0.717) is 6.54 Å². The van der Waals surface area contributed by atoms with Crippen LogP contribution in [-0.2, 0) is 15.1 Å². The summed E-state index contributed by atoms with van der Waals surface area (Å²) in [6, 6.07) is 7.41. The molecule has 0 fully saturated rings. The number of hydrogen-bond donors (Lipinski definition) is 2. The Morgan fingerprint density at radius 3 is 2.25 bits per heavy atom. The molecule has 0 aromatic heterocycles. The fraction of sp³-hybridized carbons (Fsp3) is 0.500. The van der Waals surface area contributed by atoms with Crippen LogP contribution >= 0.6 is 28.3 Å². The lowest BCUT2D eigenvalue weighted by molar-refractivity contribution is -0.127. The lowest BCUT2D eigenvalue weighted by Crippen LogP contribution is -2.52. The van der Waals surface area contributed by atoms with Crippen LogP contribution in [0.3, 0.4) is 0 Å². The van der Waals surface area contributed by atoms with Gasteiger partial charge in [0.05, 0.1) is 5.60 Å². The average Bonchev–Trinajstić information content (AvgIpc) is 2.36. The summed E-state index contributed by atoms with van der Waals surface area (Å²) in [6.07, 6.45) is 0. The number of nitrogens with two attached hydrogens (primary N) is 1. The third-order valence-electron chi connectivity index (χ3n) is 3.14. The van der Waals surface area contributed by atoms with Crippen molar-refractivity contribution in [1.29, 1.82) is 0 Å². The zero-order valence-electron chi connectivity index (χ0n) is 12.2. The second kappa shape index (κ2) is 7.41. The maximum atomic E-state index is 12.2. The first kappa shape index (κ1) is 19.4. The molecule has 1 aromatic carbocycles. The van der Waals surface area contributed by atoms with Crippen LogP contribution in [0, 0.1) is 0 Å². The predicted molar refractivity (Wildman–Crippen MR) is 87.0 cm³/mol. The smallest absolute Gasteiger partial charge is 0.244 e. The van der Waals surface area contributed by atoms with Crippen LogP contribution in [0.1, 0.15) is 26.3 Å². The van der Waals surface area contributed by atoms with E-state index in [9.17, 15) is 4.79 Å². The van der Waals surface area contributed by atoms with E-state index in [2.05, 4.69) is 21.2 Å². The van der Waals surface area contributed by atoms with Crippen molar-refractivity contribution >= 4 is 34.2 Å². The zero-order valence-corrected chi connectivity index (χ0v) is 14.6. The minimum atomic E-state index is -1.06. The van der Waals surface area contributed by atoms with Crippen LogP contribution < -0.4 is 11.1 Å². The number of rotatable bonds is 5. The van der Waals surface area contributed by atoms with Crippen LogP contribution in [-0.4, -0.2) is 25.2 Å². The Balaban J connectivity index is 0.00000361. The summed E-state index contributed by atoms with van der Waals surface area (Å²) in [7, 11) is 1.61. The van der Waals surface area contributed by atoms with Gasteiger partial charge in [-0.05, 0) is 38.5 Å². The van der Waals surface area contributed by atoms with E-state index in [1.165, 1.54) is 0 Å². The quantitative estimate of drug-likeness (QED) is 0.843. The summed E-state index contributed by atoms with van der Waals surface area (Å²) >= 11 is 3.36. The molecule has 114 valence electrons.